The minimum absolute atomic E-state index is 0.0397. The number of nitrogens with zero attached hydrogens (tertiary/aromatic N) is 1. The third-order valence-electron chi connectivity index (χ3n) is 2.39. The molecule has 6 nitrogen and oxygen atoms in total. The van der Waals surface area contributed by atoms with E-state index >= 15 is 0 Å². The molecule has 1 aromatic heterocycles. The van der Waals surface area contributed by atoms with Crippen LogP contribution in [0.1, 0.15) is 10.5 Å². The first-order valence-corrected chi connectivity index (χ1v) is 8.43. The summed E-state index contributed by atoms with van der Waals surface area (Å²) in [5.41, 5.74) is -0.0657. The van der Waals surface area contributed by atoms with E-state index in [2.05, 4.69) is 13.8 Å². The molecule has 10 heteroatoms. The summed E-state index contributed by atoms with van der Waals surface area (Å²) in [6.07, 6.45) is 0. The second-order valence-electron chi connectivity index (χ2n) is 3.75. The van der Waals surface area contributed by atoms with Crippen molar-refractivity contribution in [2.24, 2.45) is 0 Å². The summed E-state index contributed by atoms with van der Waals surface area (Å²) >= 11 is 12.5. The number of aromatic nitrogens is 1. The molecule has 0 aliphatic carbocycles. The first-order valence-electron chi connectivity index (χ1n) is 5.35. The number of carbonyl (C=O) groups excluding carboxylic acids is 1. The van der Waals surface area contributed by atoms with E-state index in [4.69, 9.17) is 23.2 Å². The Kier molecular flexibility index (Phi) is 4.72. The fourth-order valence-electron chi connectivity index (χ4n) is 1.40. The molecule has 1 heterocycles. The quantitative estimate of drug-likeness (QED) is 0.840. The van der Waals surface area contributed by atoms with Crippen LogP contribution in [0.15, 0.2) is 28.5 Å². The number of esters is 1. The Morgan fingerprint density at radius 1 is 1.33 bits per heavy atom. The van der Waals surface area contributed by atoms with Crippen LogP contribution in [0.4, 0.5) is 5.69 Å². The third kappa shape index (κ3) is 3.46. The maximum Gasteiger partial charge on any atom is 0.359 e. The second kappa shape index (κ2) is 6.18. The number of methoxy groups -OCH3 is 1. The molecular weight excluding hydrogens is 359 g/mol. The van der Waals surface area contributed by atoms with Crippen molar-refractivity contribution in [1.29, 1.82) is 0 Å². The van der Waals surface area contributed by atoms with E-state index in [1.807, 2.05) is 0 Å². The fourth-order valence-corrected chi connectivity index (χ4v) is 3.53. The summed E-state index contributed by atoms with van der Waals surface area (Å²) in [6.45, 7) is 0. The number of benzene rings is 1. The predicted molar refractivity (Wildman–Crippen MR) is 80.7 cm³/mol. The summed E-state index contributed by atoms with van der Waals surface area (Å²) in [7, 11) is -2.74. The molecule has 0 atom stereocenters. The van der Waals surface area contributed by atoms with Gasteiger partial charge in [-0.1, -0.05) is 23.2 Å². The number of sulfonamides is 1. The second-order valence-corrected chi connectivity index (χ2v) is 6.88. The van der Waals surface area contributed by atoms with Gasteiger partial charge in [-0.25, -0.2) is 13.2 Å². The number of halogens is 2. The molecule has 2 aromatic rings. The molecule has 0 radical (unpaired) electrons. The number of carbonyl (C=O) groups is 1. The molecule has 0 aliphatic rings. The molecule has 0 fully saturated rings. The van der Waals surface area contributed by atoms with E-state index < -0.39 is 16.0 Å². The summed E-state index contributed by atoms with van der Waals surface area (Å²) in [4.78, 5) is 11.4. The van der Waals surface area contributed by atoms with Gasteiger partial charge in [0.15, 0.2) is 5.69 Å². The van der Waals surface area contributed by atoms with Crippen molar-refractivity contribution in [2.45, 2.75) is 4.90 Å². The average Bonchev–Trinajstić information content (AvgIpc) is 2.88. The Bertz CT molecular complexity index is 789. The number of hydrogen-bond donors (Lipinski definition) is 1. The van der Waals surface area contributed by atoms with Crippen molar-refractivity contribution in [3.8, 4) is 0 Å². The van der Waals surface area contributed by atoms with Crippen LogP contribution in [-0.2, 0) is 14.8 Å². The SMILES string of the molecule is COC(=O)c1nscc1NS(=O)(=O)c1ccc(Cl)c(Cl)c1. The van der Waals surface area contributed by atoms with Crippen LogP contribution in [0.3, 0.4) is 0 Å². The summed E-state index contributed by atoms with van der Waals surface area (Å²) in [5.74, 6) is -0.733. The van der Waals surface area contributed by atoms with Gasteiger partial charge in [0.1, 0.15) is 0 Å². The fraction of sp³-hybridized carbons (Fsp3) is 0.0909. The highest BCUT2D eigenvalue weighted by molar-refractivity contribution is 7.92. The molecule has 0 bridgehead atoms. The first kappa shape index (κ1) is 16.0. The molecular formula is C11H8Cl2N2O4S2. The van der Waals surface area contributed by atoms with Crippen LogP contribution >= 0.6 is 34.7 Å². The summed E-state index contributed by atoms with van der Waals surface area (Å²) < 4.78 is 35.1. The van der Waals surface area contributed by atoms with E-state index in [0.717, 1.165) is 11.5 Å². The number of rotatable bonds is 4. The van der Waals surface area contributed by atoms with Gasteiger partial charge in [-0.3, -0.25) is 4.72 Å². The van der Waals surface area contributed by atoms with Gasteiger partial charge in [0, 0.05) is 5.38 Å². The predicted octanol–water partition coefficient (Wildman–Crippen LogP) is 3.04. The molecule has 0 amide bonds. The number of nitrogens with one attached hydrogen (secondary N) is 1. The van der Waals surface area contributed by atoms with Crippen molar-refractivity contribution >= 4 is 56.4 Å². The van der Waals surface area contributed by atoms with Gasteiger partial charge < -0.3 is 4.74 Å². The van der Waals surface area contributed by atoms with Crippen molar-refractivity contribution < 1.29 is 17.9 Å². The van der Waals surface area contributed by atoms with E-state index in [1.165, 1.54) is 30.7 Å². The lowest BCUT2D eigenvalue weighted by Crippen LogP contribution is -2.15. The lowest BCUT2D eigenvalue weighted by molar-refractivity contribution is 0.0597. The van der Waals surface area contributed by atoms with Gasteiger partial charge in [-0.2, -0.15) is 4.37 Å². The molecule has 21 heavy (non-hydrogen) atoms. The van der Waals surface area contributed by atoms with E-state index in [-0.39, 0.29) is 26.3 Å². The van der Waals surface area contributed by atoms with Gasteiger partial charge >= 0.3 is 5.97 Å². The molecule has 0 spiro atoms. The van der Waals surface area contributed by atoms with Crippen LogP contribution in [-0.4, -0.2) is 25.9 Å². The molecule has 112 valence electrons. The normalized spacial score (nSPS) is 11.2. The van der Waals surface area contributed by atoms with Crippen molar-refractivity contribution in [1.82, 2.24) is 4.37 Å². The monoisotopic (exact) mass is 366 g/mol. The molecule has 0 saturated heterocycles. The topological polar surface area (TPSA) is 85.4 Å². The molecule has 1 aromatic carbocycles. The van der Waals surface area contributed by atoms with Gasteiger partial charge in [-0.15, -0.1) is 0 Å². The zero-order valence-corrected chi connectivity index (χ0v) is 13.6. The van der Waals surface area contributed by atoms with Crippen LogP contribution in [0.5, 0.6) is 0 Å². The van der Waals surface area contributed by atoms with Crippen molar-refractivity contribution in [3.05, 3.63) is 39.3 Å². The zero-order chi connectivity index (χ0) is 15.6. The highest BCUT2D eigenvalue weighted by Crippen LogP contribution is 2.27. The standard InChI is InChI=1S/C11H8Cl2N2O4S2/c1-19-11(16)10-9(5-20-14-10)15-21(17,18)6-2-3-7(12)8(13)4-6/h2-5,15H,1H3. The Morgan fingerprint density at radius 3 is 2.67 bits per heavy atom. The third-order valence-corrected chi connectivity index (χ3v) is 5.13. The van der Waals surface area contributed by atoms with Crippen molar-refractivity contribution in [2.75, 3.05) is 11.8 Å². The first-order chi connectivity index (χ1) is 9.85. The molecule has 0 aliphatic heterocycles. The maximum atomic E-state index is 12.2. The lowest BCUT2D eigenvalue weighted by atomic mass is 10.4. The highest BCUT2D eigenvalue weighted by Gasteiger charge is 2.22. The van der Waals surface area contributed by atoms with Gasteiger partial charge in [0.2, 0.25) is 0 Å². The van der Waals surface area contributed by atoms with Gasteiger partial charge in [-0.05, 0) is 29.7 Å². The number of ether oxygens (including phenoxy) is 1. The molecule has 0 unspecified atom stereocenters. The number of hydrogen-bond acceptors (Lipinski definition) is 6. The minimum Gasteiger partial charge on any atom is -0.464 e. The average molecular weight is 367 g/mol. The van der Waals surface area contributed by atoms with Gasteiger partial charge in [0.05, 0.1) is 27.7 Å². The smallest absolute Gasteiger partial charge is 0.359 e. The van der Waals surface area contributed by atoms with Crippen LogP contribution in [0, 0.1) is 0 Å². The van der Waals surface area contributed by atoms with Crippen LogP contribution < -0.4 is 4.72 Å². The summed E-state index contributed by atoms with van der Waals surface area (Å²) in [6, 6.07) is 3.88. The van der Waals surface area contributed by atoms with Crippen molar-refractivity contribution in [3.63, 3.8) is 0 Å². The van der Waals surface area contributed by atoms with E-state index in [0.29, 0.717) is 0 Å². The zero-order valence-electron chi connectivity index (χ0n) is 10.5. The Balaban J connectivity index is 2.36. The largest absolute Gasteiger partial charge is 0.464 e. The molecule has 1 N–H and O–H groups in total. The van der Waals surface area contributed by atoms with Gasteiger partial charge in [0.25, 0.3) is 10.0 Å². The Labute approximate surface area is 134 Å². The van der Waals surface area contributed by atoms with Crippen LogP contribution in [0.2, 0.25) is 10.0 Å². The highest BCUT2D eigenvalue weighted by atomic mass is 35.5. The summed E-state index contributed by atoms with van der Waals surface area (Å²) in [5, 5.41) is 1.74. The molecule has 2 rings (SSSR count). The van der Waals surface area contributed by atoms with Crippen LogP contribution in [0.25, 0.3) is 0 Å². The number of anilines is 1. The maximum absolute atomic E-state index is 12.2. The Morgan fingerprint density at radius 2 is 2.05 bits per heavy atom. The Hall–Kier alpha value is -1.35. The van der Waals surface area contributed by atoms with E-state index in [1.54, 1.807) is 0 Å². The van der Waals surface area contributed by atoms with E-state index in [9.17, 15) is 13.2 Å². The minimum atomic E-state index is -3.92. The molecule has 0 saturated carbocycles. The lowest BCUT2D eigenvalue weighted by Gasteiger charge is -2.08.